The third-order valence-electron chi connectivity index (χ3n) is 6.67. The maximum atomic E-state index is 14.8. The van der Waals surface area contributed by atoms with Gasteiger partial charge in [-0.3, -0.25) is 9.59 Å². The smallest absolute Gasteiger partial charge is 0.257 e. The molecule has 0 radical (unpaired) electrons. The summed E-state index contributed by atoms with van der Waals surface area (Å²) in [6, 6.07) is 14.5. The fraction of sp³-hybridized carbons (Fsp3) is 0.321. The molecule has 0 N–H and O–H groups in total. The van der Waals surface area contributed by atoms with Crippen LogP contribution in [0.1, 0.15) is 47.4 Å². The highest BCUT2D eigenvalue weighted by Gasteiger charge is 2.53. The van der Waals surface area contributed by atoms with Gasteiger partial charge in [-0.1, -0.05) is 11.6 Å². The first kappa shape index (κ1) is 25.0. The number of ether oxygens (including phenoxy) is 2. The third kappa shape index (κ3) is 5.11. The van der Waals surface area contributed by atoms with Crippen LogP contribution in [0.15, 0.2) is 60.8 Å². The number of halogens is 2. The van der Waals surface area contributed by atoms with E-state index < -0.39 is 11.4 Å². The Kier molecular flexibility index (Phi) is 6.77. The SMILES string of the molecule is CC(C)Oc1ccc(C(=O)N2CCCC23CN(C(=O)c2ccc(Oc4ccc(Cl)cn4)cc2)C3)c(F)c1. The van der Waals surface area contributed by atoms with Crippen LogP contribution in [0.25, 0.3) is 0 Å². The Bertz CT molecular complexity index is 1310. The highest BCUT2D eigenvalue weighted by molar-refractivity contribution is 6.30. The van der Waals surface area contributed by atoms with Gasteiger partial charge in [-0.25, -0.2) is 9.37 Å². The number of likely N-dealkylation sites (tertiary alicyclic amines) is 2. The number of carbonyl (C=O) groups excluding carboxylic acids is 2. The Labute approximate surface area is 219 Å². The van der Waals surface area contributed by atoms with Gasteiger partial charge in [0, 0.05) is 43.5 Å². The zero-order valence-corrected chi connectivity index (χ0v) is 21.4. The highest BCUT2D eigenvalue weighted by atomic mass is 35.5. The van der Waals surface area contributed by atoms with Crippen LogP contribution in [0.5, 0.6) is 17.4 Å². The zero-order chi connectivity index (χ0) is 26.2. The average molecular weight is 524 g/mol. The molecule has 5 rings (SSSR count). The maximum Gasteiger partial charge on any atom is 0.257 e. The van der Waals surface area contributed by atoms with Gasteiger partial charge in [-0.15, -0.1) is 0 Å². The quantitative estimate of drug-likeness (QED) is 0.421. The van der Waals surface area contributed by atoms with E-state index in [0.717, 1.165) is 12.8 Å². The molecular formula is C28H27ClFN3O4. The predicted molar refractivity (Wildman–Crippen MR) is 137 cm³/mol. The number of amides is 2. The summed E-state index contributed by atoms with van der Waals surface area (Å²) < 4.78 is 26.0. The molecule has 2 aliphatic heterocycles. The Morgan fingerprint density at radius 1 is 1.03 bits per heavy atom. The molecule has 0 aliphatic carbocycles. The van der Waals surface area contributed by atoms with Crippen molar-refractivity contribution in [2.45, 2.75) is 38.3 Å². The summed E-state index contributed by atoms with van der Waals surface area (Å²) in [6.45, 7) is 5.09. The molecule has 0 atom stereocenters. The largest absolute Gasteiger partial charge is 0.491 e. The number of carbonyl (C=O) groups is 2. The topological polar surface area (TPSA) is 72.0 Å². The molecule has 3 heterocycles. The molecule has 2 aliphatic rings. The minimum atomic E-state index is -0.603. The number of rotatable bonds is 6. The molecule has 3 aromatic rings. The average Bonchev–Trinajstić information content (AvgIpc) is 3.29. The fourth-order valence-corrected chi connectivity index (χ4v) is 5.06. The van der Waals surface area contributed by atoms with Gasteiger partial charge in [0.05, 0.1) is 22.2 Å². The van der Waals surface area contributed by atoms with E-state index in [4.69, 9.17) is 21.1 Å². The summed E-state index contributed by atoms with van der Waals surface area (Å²) >= 11 is 5.85. The highest BCUT2D eigenvalue weighted by Crippen LogP contribution is 2.39. The lowest BCUT2D eigenvalue weighted by molar-refractivity contribution is -0.0117. The van der Waals surface area contributed by atoms with Crippen molar-refractivity contribution in [1.82, 2.24) is 14.8 Å². The molecule has 37 heavy (non-hydrogen) atoms. The Morgan fingerprint density at radius 2 is 1.76 bits per heavy atom. The van der Waals surface area contributed by atoms with Crippen LogP contribution in [0, 0.1) is 5.82 Å². The van der Waals surface area contributed by atoms with Crippen LogP contribution in [-0.2, 0) is 0 Å². The summed E-state index contributed by atoms with van der Waals surface area (Å²) in [5.74, 6) is 0.261. The van der Waals surface area contributed by atoms with E-state index in [2.05, 4.69) is 4.98 Å². The van der Waals surface area contributed by atoms with E-state index in [0.29, 0.717) is 47.6 Å². The number of hydrogen-bond acceptors (Lipinski definition) is 5. The van der Waals surface area contributed by atoms with Gasteiger partial charge >= 0.3 is 0 Å². The number of aromatic nitrogens is 1. The minimum Gasteiger partial charge on any atom is -0.491 e. The minimum absolute atomic E-state index is 0.0212. The number of pyridine rings is 1. The van der Waals surface area contributed by atoms with Gasteiger partial charge in [-0.2, -0.15) is 0 Å². The summed E-state index contributed by atoms with van der Waals surface area (Å²) in [5, 5.41) is 0.516. The molecule has 2 aromatic carbocycles. The lowest BCUT2D eigenvalue weighted by Gasteiger charge is -2.52. The van der Waals surface area contributed by atoms with Crippen molar-refractivity contribution in [2.75, 3.05) is 19.6 Å². The maximum absolute atomic E-state index is 14.8. The summed E-state index contributed by atoms with van der Waals surface area (Å²) in [4.78, 5) is 33.9. The molecule has 2 saturated heterocycles. The van der Waals surface area contributed by atoms with Crippen LogP contribution >= 0.6 is 11.6 Å². The van der Waals surface area contributed by atoms with Crippen molar-refractivity contribution in [1.29, 1.82) is 0 Å². The molecule has 192 valence electrons. The van der Waals surface area contributed by atoms with Gasteiger partial charge in [0.1, 0.15) is 17.3 Å². The molecule has 1 spiro atoms. The molecule has 1 aromatic heterocycles. The number of nitrogens with zero attached hydrogens (tertiary/aromatic N) is 3. The normalized spacial score (nSPS) is 16.1. The van der Waals surface area contributed by atoms with E-state index in [1.54, 1.807) is 52.3 Å². The van der Waals surface area contributed by atoms with Crippen LogP contribution in [0.2, 0.25) is 5.02 Å². The van der Waals surface area contributed by atoms with Crippen molar-refractivity contribution >= 4 is 23.4 Å². The summed E-state index contributed by atoms with van der Waals surface area (Å²) in [7, 11) is 0. The van der Waals surface area contributed by atoms with Crippen molar-refractivity contribution in [3.63, 3.8) is 0 Å². The molecule has 7 nitrogen and oxygen atoms in total. The molecule has 2 amide bonds. The second-order valence-corrected chi connectivity index (χ2v) is 10.1. The van der Waals surface area contributed by atoms with Gasteiger partial charge < -0.3 is 19.3 Å². The lowest BCUT2D eigenvalue weighted by atomic mass is 9.86. The van der Waals surface area contributed by atoms with Crippen LogP contribution in [0.3, 0.4) is 0 Å². The number of benzene rings is 2. The van der Waals surface area contributed by atoms with Gasteiger partial charge in [0.2, 0.25) is 5.88 Å². The third-order valence-corrected chi connectivity index (χ3v) is 6.89. The van der Waals surface area contributed by atoms with E-state index in [1.165, 1.54) is 18.3 Å². The standard InChI is InChI=1S/C28H27ClFN3O4/c1-18(2)36-22-9-10-23(24(30)14-22)27(35)33-13-3-12-28(33)16-32(17-28)26(34)19-4-7-21(8-5-19)37-25-11-6-20(29)15-31-25/h4-11,14-15,18H,3,12-13,16-17H2,1-2H3. The van der Waals surface area contributed by atoms with Crippen molar-refractivity contribution in [3.05, 3.63) is 82.8 Å². The zero-order valence-electron chi connectivity index (χ0n) is 20.6. The van der Waals surface area contributed by atoms with Gasteiger partial charge in [-0.05, 0) is 69.2 Å². The molecule has 0 saturated carbocycles. The molecule has 0 bridgehead atoms. The second kappa shape index (κ2) is 10.0. The van der Waals surface area contributed by atoms with Crippen molar-refractivity contribution < 1.29 is 23.5 Å². The summed E-state index contributed by atoms with van der Waals surface area (Å²) in [5.41, 5.74) is 0.0807. The van der Waals surface area contributed by atoms with Gasteiger partial charge in [0.25, 0.3) is 11.8 Å². The van der Waals surface area contributed by atoms with Crippen molar-refractivity contribution in [3.8, 4) is 17.4 Å². The lowest BCUT2D eigenvalue weighted by Crippen LogP contribution is -2.69. The first-order valence-corrected chi connectivity index (χ1v) is 12.6. The van der Waals surface area contributed by atoms with E-state index in [1.807, 2.05) is 13.8 Å². The van der Waals surface area contributed by atoms with E-state index in [9.17, 15) is 14.0 Å². The van der Waals surface area contributed by atoms with Crippen LogP contribution < -0.4 is 9.47 Å². The summed E-state index contributed by atoms with van der Waals surface area (Å²) in [6.07, 6.45) is 3.00. The van der Waals surface area contributed by atoms with Crippen LogP contribution in [-0.4, -0.2) is 57.9 Å². The Morgan fingerprint density at radius 3 is 2.41 bits per heavy atom. The predicted octanol–water partition coefficient (Wildman–Crippen LogP) is 5.58. The fourth-order valence-electron chi connectivity index (χ4n) is 4.94. The van der Waals surface area contributed by atoms with E-state index >= 15 is 0 Å². The number of hydrogen-bond donors (Lipinski definition) is 0. The van der Waals surface area contributed by atoms with E-state index in [-0.39, 0.29) is 23.5 Å². The first-order chi connectivity index (χ1) is 17.7. The first-order valence-electron chi connectivity index (χ1n) is 12.2. The Hall–Kier alpha value is -3.65. The Balaban J connectivity index is 1.22. The molecule has 9 heteroatoms. The molecular weight excluding hydrogens is 497 g/mol. The molecule has 2 fully saturated rings. The van der Waals surface area contributed by atoms with Gasteiger partial charge in [0.15, 0.2) is 0 Å². The molecule has 0 unspecified atom stereocenters. The second-order valence-electron chi connectivity index (χ2n) is 9.70. The van der Waals surface area contributed by atoms with Crippen molar-refractivity contribution in [2.24, 2.45) is 0 Å². The monoisotopic (exact) mass is 523 g/mol. The van der Waals surface area contributed by atoms with Crippen LogP contribution in [0.4, 0.5) is 4.39 Å².